The van der Waals surface area contributed by atoms with Gasteiger partial charge in [0, 0.05) is 13.2 Å². The Labute approximate surface area is 145 Å². The van der Waals surface area contributed by atoms with Gasteiger partial charge < -0.3 is 0 Å². The van der Waals surface area contributed by atoms with E-state index in [9.17, 15) is 26.2 Å². The SMILES string of the molecule is CN([C@H](c1ccc(Cl)c(F)c1)C(F)(F)F)[S@](=N)(=O)c1cncc(F)c1. The van der Waals surface area contributed by atoms with E-state index >= 15 is 0 Å². The van der Waals surface area contributed by atoms with E-state index in [2.05, 4.69) is 4.98 Å². The monoisotopic (exact) mass is 399 g/mol. The van der Waals surface area contributed by atoms with Gasteiger partial charge in [0.05, 0.1) is 16.1 Å². The summed E-state index contributed by atoms with van der Waals surface area (Å²) in [5.74, 6) is -2.04. The van der Waals surface area contributed by atoms with Gasteiger partial charge in [-0.25, -0.2) is 22.1 Å². The summed E-state index contributed by atoms with van der Waals surface area (Å²) in [6, 6.07) is 0.478. The summed E-state index contributed by atoms with van der Waals surface area (Å²) in [5.41, 5.74) is -0.596. The number of benzene rings is 1. The highest BCUT2D eigenvalue weighted by Crippen LogP contribution is 2.40. The number of rotatable bonds is 4. The highest BCUT2D eigenvalue weighted by Gasteiger charge is 2.47. The molecule has 0 amide bonds. The molecule has 25 heavy (non-hydrogen) atoms. The third-order valence-corrected chi connectivity index (χ3v) is 5.53. The maximum atomic E-state index is 13.6. The normalized spacial score (nSPS) is 15.8. The van der Waals surface area contributed by atoms with Crippen molar-refractivity contribution in [2.45, 2.75) is 17.1 Å². The largest absolute Gasteiger partial charge is 0.409 e. The maximum Gasteiger partial charge on any atom is 0.409 e. The first kappa shape index (κ1) is 19.5. The Morgan fingerprint density at radius 1 is 1.24 bits per heavy atom. The van der Waals surface area contributed by atoms with E-state index in [1.165, 1.54) is 0 Å². The molecule has 0 saturated heterocycles. The average molecular weight is 400 g/mol. The molecular formula is C14H11ClF5N3OS. The highest BCUT2D eigenvalue weighted by molar-refractivity contribution is 7.90. The van der Waals surface area contributed by atoms with Crippen LogP contribution in [0.3, 0.4) is 0 Å². The molecule has 11 heteroatoms. The highest BCUT2D eigenvalue weighted by atomic mass is 35.5. The zero-order chi connectivity index (χ0) is 19.0. The molecule has 136 valence electrons. The lowest BCUT2D eigenvalue weighted by Gasteiger charge is -2.31. The smallest absolute Gasteiger partial charge is 0.260 e. The third kappa shape index (κ3) is 4.07. The van der Waals surface area contributed by atoms with Crippen LogP contribution in [0.15, 0.2) is 41.6 Å². The van der Waals surface area contributed by atoms with Crippen LogP contribution in [0.4, 0.5) is 22.0 Å². The van der Waals surface area contributed by atoms with E-state index in [1.807, 2.05) is 0 Å². The van der Waals surface area contributed by atoms with Crippen LogP contribution < -0.4 is 0 Å². The zero-order valence-corrected chi connectivity index (χ0v) is 14.1. The Balaban J connectivity index is 2.56. The molecule has 2 rings (SSSR count). The lowest BCUT2D eigenvalue weighted by molar-refractivity contribution is -0.170. The summed E-state index contributed by atoms with van der Waals surface area (Å²) in [6.45, 7) is 0. The van der Waals surface area contributed by atoms with Crippen LogP contribution in [0, 0.1) is 16.4 Å². The summed E-state index contributed by atoms with van der Waals surface area (Å²) in [7, 11) is -3.48. The molecule has 2 aromatic rings. The quantitative estimate of drug-likeness (QED) is 0.766. The number of hydrogen-bond acceptors (Lipinski definition) is 3. The van der Waals surface area contributed by atoms with Crippen molar-refractivity contribution in [3.8, 4) is 0 Å². The van der Waals surface area contributed by atoms with Crippen molar-refractivity contribution < 1.29 is 26.2 Å². The molecule has 0 radical (unpaired) electrons. The number of hydrogen-bond donors (Lipinski definition) is 1. The fraction of sp³-hybridized carbons (Fsp3) is 0.214. The molecule has 0 fully saturated rings. The Kier molecular flexibility index (Phi) is 5.35. The molecule has 0 saturated carbocycles. The van der Waals surface area contributed by atoms with Crippen molar-refractivity contribution in [1.82, 2.24) is 9.29 Å². The van der Waals surface area contributed by atoms with Gasteiger partial charge in [0.15, 0.2) is 0 Å². The van der Waals surface area contributed by atoms with E-state index in [0.717, 1.165) is 31.6 Å². The van der Waals surface area contributed by atoms with Gasteiger partial charge in [0.25, 0.3) is 0 Å². The standard InChI is InChI=1S/C14H11ClF5N3OS/c1-23(25(21,24)10-5-9(16)6-22-7-10)13(14(18,19)20)8-2-3-11(15)12(17)4-8/h2-7,13,21H,1H3/t13-,25+/m1/s1. The first-order valence-electron chi connectivity index (χ1n) is 6.58. The summed E-state index contributed by atoms with van der Waals surface area (Å²) in [6.07, 6.45) is -3.39. The van der Waals surface area contributed by atoms with Crippen LogP contribution in [0.2, 0.25) is 5.02 Å². The van der Waals surface area contributed by atoms with E-state index in [0.29, 0.717) is 12.1 Å². The molecule has 4 nitrogen and oxygen atoms in total. The number of alkyl halides is 3. The fourth-order valence-corrected chi connectivity index (χ4v) is 3.61. The molecule has 1 N–H and O–H groups in total. The Hall–Kier alpha value is -1.78. The second-order valence-corrected chi connectivity index (χ2v) is 7.53. The van der Waals surface area contributed by atoms with Crippen molar-refractivity contribution >= 4 is 21.5 Å². The van der Waals surface area contributed by atoms with E-state index in [1.54, 1.807) is 0 Å². The summed E-state index contributed by atoms with van der Waals surface area (Å²) in [5, 5.41) is -0.381. The van der Waals surface area contributed by atoms with E-state index in [-0.39, 0.29) is 9.33 Å². The molecule has 1 heterocycles. The Bertz CT molecular complexity index is 888. The zero-order valence-electron chi connectivity index (χ0n) is 12.5. The van der Waals surface area contributed by atoms with Crippen LogP contribution in [-0.2, 0) is 9.92 Å². The van der Waals surface area contributed by atoms with Crippen molar-refractivity contribution in [2.75, 3.05) is 7.05 Å². The molecule has 0 bridgehead atoms. The van der Waals surface area contributed by atoms with Crippen molar-refractivity contribution in [3.63, 3.8) is 0 Å². The maximum absolute atomic E-state index is 13.6. The Morgan fingerprint density at radius 2 is 1.88 bits per heavy atom. The van der Waals surface area contributed by atoms with E-state index < -0.39 is 44.2 Å². The molecule has 1 aromatic heterocycles. The van der Waals surface area contributed by atoms with Gasteiger partial charge >= 0.3 is 6.18 Å². The summed E-state index contributed by atoms with van der Waals surface area (Å²) < 4.78 is 88.0. The molecule has 1 aromatic carbocycles. The lowest BCUT2D eigenvalue weighted by Crippen LogP contribution is -2.39. The molecule has 0 spiro atoms. The van der Waals surface area contributed by atoms with Crippen molar-refractivity contribution in [3.05, 3.63) is 58.9 Å². The minimum atomic E-state index is -4.99. The van der Waals surface area contributed by atoms with Gasteiger partial charge in [-0.2, -0.15) is 13.2 Å². The van der Waals surface area contributed by atoms with Crippen LogP contribution >= 0.6 is 11.6 Å². The molecule has 0 unspecified atom stereocenters. The van der Waals surface area contributed by atoms with E-state index in [4.69, 9.17) is 16.4 Å². The van der Waals surface area contributed by atoms with Gasteiger partial charge in [-0.3, -0.25) is 4.98 Å². The molecule has 0 aliphatic heterocycles. The molecule has 0 aliphatic rings. The summed E-state index contributed by atoms with van der Waals surface area (Å²) >= 11 is 5.47. The summed E-state index contributed by atoms with van der Waals surface area (Å²) in [4.78, 5) is 2.85. The minimum absolute atomic E-state index is 0.201. The van der Waals surface area contributed by atoms with Gasteiger partial charge in [-0.1, -0.05) is 17.7 Å². The predicted octanol–water partition coefficient (Wildman–Crippen LogP) is 4.57. The topological polar surface area (TPSA) is 57.1 Å². The minimum Gasteiger partial charge on any atom is -0.260 e. The number of nitrogens with one attached hydrogen (secondary N) is 1. The van der Waals surface area contributed by atoms with Crippen molar-refractivity contribution in [2.24, 2.45) is 0 Å². The molecule has 2 atom stereocenters. The molecular weight excluding hydrogens is 389 g/mol. The fourth-order valence-electron chi connectivity index (χ4n) is 2.15. The molecule has 0 aliphatic carbocycles. The van der Waals surface area contributed by atoms with Crippen LogP contribution in [0.5, 0.6) is 0 Å². The predicted molar refractivity (Wildman–Crippen MR) is 81.3 cm³/mol. The van der Waals surface area contributed by atoms with Crippen LogP contribution in [-0.4, -0.2) is 26.7 Å². The van der Waals surface area contributed by atoms with Gasteiger partial charge in [0.2, 0.25) is 0 Å². The first-order valence-corrected chi connectivity index (χ1v) is 8.48. The first-order chi connectivity index (χ1) is 11.4. The van der Waals surface area contributed by atoms with Gasteiger partial charge in [0.1, 0.15) is 27.6 Å². The van der Waals surface area contributed by atoms with Gasteiger partial charge in [-0.15, -0.1) is 0 Å². The second-order valence-electron chi connectivity index (χ2n) is 5.03. The Morgan fingerprint density at radius 3 is 2.40 bits per heavy atom. The average Bonchev–Trinajstić information content (AvgIpc) is 2.49. The third-order valence-electron chi connectivity index (χ3n) is 3.34. The lowest BCUT2D eigenvalue weighted by atomic mass is 10.1. The van der Waals surface area contributed by atoms with Gasteiger partial charge in [-0.05, 0) is 23.8 Å². The van der Waals surface area contributed by atoms with Crippen LogP contribution in [0.1, 0.15) is 11.6 Å². The number of halogens is 6. The van der Waals surface area contributed by atoms with Crippen molar-refractivity contribution in [1.29, 1.82) is 4.78 Å². The number of aromatic nitrogens is 1. The number of pyridine rings is 1. The second kappa shape index (κ2) is 6.85. The van der Waals surface area contributed by atoms with Crippen LogP contribution in [0.25, 0.3) is 0 Å². The number of nitrogens with zero attached hydrogens (tertiary/aromatic N) is 2.